The summed E-state index contributed by atoms with van der Waals surface area (Å²) in [6.45, 7) is 7.92. The van der Waals surface area contributed by atoms with Gasteiger partial charge in [0.2, 0.25) is 0 Å². The SMILES string of the molecule is CCCn1nnc(CN)c1COc1cccc(C)c1C. The van der Waals surface area contributed by atoms with Crippen LogP contribution in [0.1, 0.15) is 35.9 Å². The molecule has 1 aromatic carbocycles. The van der Waals surface area contributed by atoms with Crippen LogP contribution in [0.25, 0.3) is 0 Å². The molecule has 0 atom stereocenters. The Kier molecular flexibility index (Phi) is 4.74. The summed E-state index contributed by atoms with van der Waals surface area (Å²) in [5.74, 6) is 0.900. The van der Waals surface area contributed by atoms with E-state index in [2.05, 4.69) is 37.1 Å². The highest BCUT2D eigenvalue weighted by Crippen LogP contribution is 2.22. The number of hydrogen-bond donors (Lipinski definition) is 1. The number of nitrogens with zero attached hydrogens (tertiary/aromatic N) is 3. The molecule has 0 spiro atoms. The molecular weight excluding hydrogens is 252 g/mol. The highest BCUT2D eigenvalue weighted by molar-refractivity contribution is 5.38. The lowest BCUT2D eigenvalue weighted by atomic mass is 10.1. The average molecular weight is 274 g/mol. The van der Waals surface area contributed by atoms with Crippen LogP contribution in [-0.4, -0.2) is 15.0 Å². The third-order valence-corrected chi connectivity index (χ3v) is 3.47. The molecule has 0 amide bonds. The first-order valence-electron chi connectivity index (χ1n) is 6.97. The summed E-state index contributed by atoms with van der Waals surface area (Å²) in [7, 11) is 0. The molecule has 1 aromatic heterocycles. The minimum Gasteiger partial charge on any atom is -0.487 e. The lowest BCUT2D eigenvalue weighted by molar-refractivity contribution is 0.288. The molecule has 1 heterocycles. The Balaban J connectivity index is 2.17. The molecule has 5 heteroatoms. The Labute approximate surface area is 119 Å². The first-order valence-corrected chi connectivity index (χ1v) is 6.97. The van der Waals surface area contributed by atoms with E-state index in [0.29, 0.717) is 13.2 Å². The van der Waals surface area contributed by atoms with Crippen molar-refractivity contribution >= 4 is 0 Å². The van der Waals surface area contributed by atoms with Crippen molar-refractivity contribution in [1.82, 2.24) is 15.0 Å². The number of ether oxygens (including phenoxy) is 1. The van der Waals surface area contributed by atoms with Gasteiger partial charge < -0.3 is 10.5 Å². The first-order chi connectivity index (χ1) is 9.67. The Morgan fingerprint density at radius 2 is 2.10 bits per heavy atom. The van der Waals surface area contributed by atoms with E-state index in [1.165, 1.54) is 5.56 Å². The summed E-state index contributed by atoms with van der Waals surface area (Å²) in [6, 6.07) is 6.07. The van der Waals surface area contributed by atoms with Crippen LogP contribution < -0.4 is 10.5 Å². The zero-order chi connectivity index (χ0) is 14.5. The molecule has 0 aliphatic heterocycles. The number of nitrogens with two attached hydrogens (primary N) is 1. The van der Waals surface area contributed by atoms with Crippen molar-refractivity contribution in [3.63, 3.8) is 0 Å². The van der Waals surface area contributed by atoms with Gasteiger partial charge in [0.25, 0.3) is 0 Å². The van der Waals surface area contributed by atoms with Gasteiger partial charge in [0, 0.05) is 13.1 Å². The van der Waals surface area contributed by atoms with Gasteiger partial charge in [0.05, 0.1) is 0 Å². The molecule has 0 bridgehead atoms. The van der Waals surface area contributed by atoms with Crippen molar-refractivity contribution in [2.45, 2.75) is 46.9 Å². The van der Waals surface area contributed by atoms with Crippen molar-refractivity contribution in [3.8, 4) is 5.75 Å². The van der Waals surface area contributed by atoms with Crippen molar-refractivity contribution in [3.05, 3.63) is 40.7 Å². The zero-order valence-corrected chi connectivity index (χ0v) is 12.4. The van der Waals surface area contributed by atoms with Crippen molar-refractivity contribution < 1.29 is 4.74 Å². The largest absolute Gasteiger partial charge is 0.487 e. The van der Waals surface area contributed by atoms with E-state index in [9.17, 15) is 0 Å². The van der Waals surface area contributed by atoms with E-state index in [1.807, 2.05) is 16.8 Å². The minimum absolute atomic E-state index is 0.384. The third-order valence-electron chi connectivity index (χ3n) is 3.47. The Morgan fingerprint density at radius 1 is 1.30 bits per heavy atom. The maximum atomic E-state index is 5.94. The quantitative estimate of drug-likeness (QED) is 0.878. The Hall–Kier alpha value is -1.88. The summed E-state index contributed by atoms with van der Waals surface area (Å²) in [6.07, 6.45) is 1.00. The van der Waals surface area contributed by atoms with E-state index >= 15 is 0 Å². The summed E-state index contributed by atoms with van der Waals surface area (Å²) in [5, 5.41) is 8.25. The van der Waals surface area contributed by atoms with Crippen LogP contribution in [-0.2, 0) is 19.7 Å². The molecule has 0 saturated carbocycles. The molecule has 108 valence electrons. The van der Waals surface area contributed by atoms with Gasteiger partial charge in [-0.15, -0.1) is 5.10 Å². The van der Waals surface area contributed by atoms with Crippen LogP contribution in [0.15, 0.2) is 18.2 Å². The standard InChI is InChI=1S/C15H22N4O/c1-4-8-19-14(13(9-16)17-18-19)10-20-15-7-5-6-11(2)12(15)3/h5-7H,4,8-10,16H2,1-3H3. The highest BCUT2D eigenvalue weighted by Gasteiger charge is 2.12. The normalized spacial score (nSPS) is 10.8. The van der Waals surface area contributed by atoms with E-state index in [1.54, 1.807) is 0 Å². The van der Waals surface area contributed by atoms with Crippen LogP contribution in [0, 0.1) is 13.8 Å². The molecule has 0 fully saturated rings. The predicted octanol–water partition coefficient (Wildman–Crippen LogP) is 2.34. The summed E-state index contributed by atoms with van der Waals surface area (Å²) >= 11 is 0. The molecule has 0 aliphatic rings. The minimum atomic E-state index is 0.384. The number of aromatic nitrogens is 3. The van der Waals surface area contributed by atoms with Gasteiger partial charge in [-0.25, -0.2) is 4.68 Å². The van der Waals surface area contributed by atoms with Gasteiger partial charge in [-0.05, 0) is 37.5 Å². The van der Waals surface area contributed by atoms with Gasteiger partial charge in [-0.3, -0.25) is 0 Å². The van der Waals surface area contributed by atoms with Crippen LogP contribution in [0.4, 0.5) is 0 Å². The maximum absolute atomic E-state index is 5.94. The number of hydrogen-bond acceptors (Lipinski definition) is 4. The zero-order valence-electron chi connectivity index (χ0n) is 12.4. The fourth-order valence-electron chi connectivity index (χ4n) is 2.10. The second-order valence-electron chi connectivity index (χ2n) is 4.90. The van der Waals surface area contributed by atoms with Crippen LogP contribution in [0.3, 0.4) is 0 Å². The number of aryl methyl sites for hydroxylation is 2. The Morgan fingerprint density at radius 3 is 2.80 bits per heavy atom. The number of benzene rings is 1. The van der Waals surface area contributed by atoms with Gasteiger partial charge in [0.1, 0.15) is 23.7 Å². The first kappa shape index (κ1) is 14.5. The van der Waals surface area contributed by atoms with Gasteiger partial charge in [0.15, 0.2) is 0 Å². The lowest BCUT2D eigenvalue weighted by Crippen LogP contribution is -2.11. The smallest absolute Gasteiger partial charge is 0.132 e. The van der Waals surface area contributed by atoms with E-state index in [-0.39, 0.29) is 0 Å². The lowest BCUT2D eigenvalue weighted by Gasteiger charge is -2.12. The number of rotatable bonds is 6. The Bertz CT molecular complexity index is 577. The van der Waals surface area contributed by atoms with E-state index in [0.717, 1.165) is 35.7 Å². The monoisotopic (exact) mass is 274 g/mol. The maximum Gasteiger partial charge on any atom is 0.132 e. The summed E-state index contributed by atoms with van der Waals surface area (Å²) in [4.78, 5) is 0. The fourth-order valence-corrected chi connectivity index (χ4v) is 2.10. The molecule has 20 heavy (non-hydrogen) atoms. The molecule has 5 nitrogen and oxygen atoms in total. The molecule has 2 N–H and O–H groups in total. The van der Waals surface area contributed by atoms with Crippen LogP contribution in [0.2, 0.25) is 0 Å². The van der Waals surface area contributed by atoms with Crippen LogP contribution >= 0.6 is 0 Å². The molecule has 2 aromatic rings. The fraction of sp³-hybridized carbons (Fsp3) is 0.467. The van der Waals surface area contributed by atoms with Gasteiger partial charge >= 0.3 is 0 Å². The molecule has 0 saturated heterocycles. The topological polar surface area (TPSA) is 66.0 Å². The average Bonchev–Trinajstić information content (AvgIpc) is 2.83. The van der Waals surface area contributed by atoms with Gasteiger partial charge in [-0.2, -0.15) is 0 Å². The second-order valence-corrected chi connectivity index (χ2v) is 4.90. The molecule has 0 aliphatic carbocycles. The molecular formula is C15H22N4O. The summed E-state index contributed by atoms with van der Waals surface area (Å²) < 4.78 is 7.82. The predicted molar refractivity (Wildman–Crippen MR) is 78.5 cm³/mol. The summed E-state index contributed by atoms with van der Waals surface area (Å²) in [5.41, 5.74) is 9.88. The molecule has 0 radical (unpaired) electrons. The van der Waals surface area contributed by atoms with Crippen LogP contribution in [0.5, 0.6) is 5.75 Å². The highest BCUT2D eigenvalue weighted by atomic mass is 16.5. The third kappa shape index (κ3) is 2.99. The van der Waals surface area contributed by atoms with E-state index in [4.69, 9.17) is 10.5 Å². The molecule has 2 rings (SSSR count). The van der Waals surface area contributed by atoms with Crippen molar-refractivity contribution in [2.75, 3.05) is 0 Å². The van der Waals surface area contributed by atoms with Gasteiger partial charge in [-0.1, -0.05) is 24.3 Å². The second kappa shape index (κ2) is 6.52. The molecule has 0 unspecified atom stereocenters. The van der Waals surface area contributed by atoms with Crippen molar-refractivity contribution in [2.24, 2.45) is 5.73 Å². The van der Waals surface area contributed by atoms with E-state index < -0.39 is 0 Å². The van der Waals surface area contributed by atoms with Crippen molar-refractivity contribution in [1.29, 1.82) is 0 Å².